The number of amides is 2. The molecule has 2 aromatic rings. The standard InChI is InChI=1S/C19H21N3O3/c1-24-17-7-6-15(12-20-17)21-18(23)22-10-8-19(9-11-22)16-5-3-2-4-14(16)13-25-19/h2-7,12H,8-11,13H2,1H3,(H,21,23). The number of piperidine rings is 1. The minimum absolute atomic E-state index is 0.104. The highest BCUT2D eigenvalue weighted by Gasteiger charge is 2.43. The molecule has 1 spiro atoms. The van der Waals surface area contributed by atoms with Gasteiger partial charge in [0.05, 0.1) is 31.2 Å². The SMILES string of the molecule is COc1ccc(NC(=O)N2CCC3(CC2)OCc2ccccc23)cn1. The number of carbonyl (C=O) groups is 1. The van der Waals surface area contributed by atoms with Gasteiger partial charge in [0.1, 0.15) is 0 Å². The number of pyridine rings is 1. The van der Waals surface area contributed by atoms with Gasteiger partial charge in [0.2, 0.25) is 5.88 Å². The monoisotopic (exact) mass is 339 g/mol. The highest BCUT2D eigenvalue weighted by atomic mass is 16.5. The number of fused-ring (bicyclic) bond motifs is 2. The molecule has 1 saturated heterocycles. The van der Waals surface area contributed by atoms with Gasteiger partial charge in [-0.2, -0.15) is 0 Å². The minimum Gasteiger partial charge on any atom is -0.481 e. The van der Waals surface area contributed by atoms with Crippen LogP contribution in [0.25, 0.3) is 0 Å². The van der Waals surface area contributed by atoms with Crippen LogP contribution < -0.4 is 10.1 Å². The van der Waals surface area contributed by atoms with Gasteiger partial charge < -0.3 is 19.7 Å². The van der Waals surface area contributed by atoms with Crippen LogP contribution in [0, 0.1) is 0 Å². The molecular formula is C19H21N3O3. The first-order chi connectivity index (χ1) is 12.2. The molecule has 1 aromatic carbocycles. The van der Waals surface area contributed by atoms with Gasteiger partial charge in [0.25, 0.3) is 0 Å². The molecule has 0 aliphatic carbocycles. The number of benzene rings is 1. The van der Waals surface area contributed by atoms with E-state index in [2.05, 4.69) is 28.5 Å². The Bertz CT molecular complexity index is 768. The van der Waals surface area contributed by atoms with Gasteiger partial charge >= 0.3 is 6.03 Å². The normalized spacial score (nSPS) is 18.0. The smallest absolute Gasteiger partial charge is 0.321 e. The summed E-state index contributed by atoms with van der Waals surface area (Å²) in [7, 11) is 1.56. The number of hydrogen-bond donors (Lipinski definition) is 1. The average Bonchev–Trinajstić information content (AvgIpc) is 3.01. The zero-order chi connectivity index (χ0) is 17.3. The summed E-state index contributed by atoms with van der Waals surface area (Å²) in [6.45, 7) is 2.01. The van der Waals surface area contributed by atoms with Crippen LogP contribution in [0.15, 0.2) is 42.6 Å². The van der Waals surface area contributed by atoms with Crippen LogP contribution >= 0.6 is 0 Å². The van der Waals surface area contributed by atoms with Crippen molar-refractivity contribution in [3.8, 4) is 5.88 Å². The predicted molar refractivity (Wildman–Crippen MR) is 93.5 cm³/mol. The van der Waals surface area contributed by atoms with Gasteiger partial charge in [0.15, 0.2) is 0 Å². The van der Waals surface area contributed by atoms with Crippen molar-refractivity contribution in [3.05, 3.63) is 53.7 Å². The van der Waals surface area contributed by atoms with Crippen molar-refractivity contribution >= 4 is 11.7 Å². The summed E-state index contributed by atoms with van der Waals surface area (Å²) in [5, 5.41) is 2.89. The molecule has 25 heavy (non-hydrogen) atoms. The van der Waals surface area contributed by atoms with E-state index in [1.54, 1.807) is 25.4 Å². The van der Waals surface area contributed by atoms with Crippen LogP contribution in [0.1, 0.15) is 24.0 Å². The number of carbonyl (C=O) groups excluding carboxylic acids is 1. The maximum absolute atomic E-state index is 12.5. The van der Waals surface area contributed by atoms with Crippen LogP contribution in [0.3, 0.4) is 0 Å². The molecule has 0 atom stereocenters. The van der Waals surface area contributed by atoms with Gasteiger partial charge in [-0.25, -0.2) is 9.78 Å². The van der Waals surface area contributed by atoms with Crippen molar-refractivity contribution in [2.75, 3.05) is 25.5 Å². The molecule has 130 valence electrons. The lowest BCUT2D eigenvalue weighted by atomic mass is 9.84. The largest absolute Gasteiger partial charge is 0.481 e. The Kier molecular flexibility index (Phi) is 4.05. The Morgan fingerprint density at radius 3 is 2.76 bits per heavy atom. The molecule has 0 radical (unpaired) electrons. The van der Waals surface area contributed by atoms with Gasteiger partial charge in [-0.05, 0) is 30.0 Å². The van der Waals surface area contributed by atoms with E-state index in [1.165, 1.54) is 11.1 Å². The second-order valence-corrected chi connectivity index (χ2v) is 6.45. The van der Waals surface area contributed by atoms with E-state index in [0.717, 1.165) is 12.8 Å². The number of hydrogen-bond acceptors (Lipinski definition) is 4. The van der Waals surface area contributed by atoms with Crippen molar-refractivity contribution in [1.29, 1.82) is 0 Å². The number of ether oxygens (including phenoxy) is 2. The van der Waals surface area contributed by atoms with Crippen molar-refractivity contribution in [2.45, 2.75) is 25.0 Å². The molecule has 0 bridgehead atoms. The number of aromatic nitrogens is 1. The van der Waals surface area contributed by atoms with E-state index >= 15 is 0 Å². The zero-order valence-corrected chi connectivity index (χ0v) is 14.2. The fourth-order valence-electron chi connectivity index (χ4n) is 3.65. The third-order valence-electron chi connectivity index (χ3n) is 5.07. The summed E-state index contributed by atoms with van der Waals surface area (Å²) >= 11 is 0. The van der Waals surface area contributed by atoms with Crippen LogP contribution in [-0.2, 0) is 16.9 Å². The highest BCUT2D eigenvalue weighted by molar-refractivity contribution is 5.89. The fraction of sp³-hybridized carbons (Fsp3) is 0.368. The first kappa shape index (κ1) is 15.9. The molecule has 2 amide bonds. The molecule has 6 nitrogen and oxygen atoms in total. The summed E-state index contributed by atoms with van der Waals surface area (Å²) in [6, 6.07) is 11.8. The summed E-state index contributed by atoms with van der Waals surface area (Å²) in [5.74, 6) is 0.523. The first-order valence-electron chi connectivity index (χ1n) is 8.48. The summed E-state index contributed by atoms with van der Waals surface area (Å²) in [6.07, 6.45) is 3.23. The molecule has 1 fully saturated rings. The topological polar surface area (TPSA) is 63.7 Å². The van der Waals surface area contributed by atoms with Crippen LogP contribution in [0.5, 0.6) is 5.88 Å². The van der Waals surface area contributed by atoms with Gasteiger partial charge in [-0.15, -0.1) is 0 Å². The number of nitrogens with zero attached hydrogens (tertiary/aromatic N) is 2. The lowest BCUT2D eigenvalue weighted by Gasteiger charge is -2.39. The van der Waals surface area contributed by atoms with Gasteiger partial charge in [-0.3, -0.25) is 0 Å². The van der Waals surface area contributed by atoms with E-state index in [0.29, 0.717) is 31.3 Å². The second kappa shape index (κ2) is 6.37. The number of nitrogens with one attached hydrogen (secondary N) is 1. The lowest BCUT2D eigenvalue weighted by Crippen LogP contribution is -2.46. The number of rotatable bonds is 2. The van der Waals surface area contributed by atoms with Crippen LogP contribution in [-0.4, -0.2) is 36.1 Å². The van der Waals surface area contributed by atoms with Crippen molar-refractivity contribution < 1.29 is 14.3 Å². The molecule has 1 N–H and O–H groups in total. The molecule has 0 unspecified atom stereocenters. The fourth-order valence-corrected chi connectivity index (χ4v) is 3.65. The molecule has 4 rings (SSSR count). The van der Waals surface area contributed by atoms with Crippen molar-refractivity contribution in [3.63, 3.8) is 0 Å². The predicted octanol–water partition coefficient (Wildman–Crippen LogP) is 3.14. The maximum Gasteiger partial charge on any atom is 0.321 e. The Morgan fingerprint density at radius 1 is 1.24 bits per heavy atom. The third kappa shape index (κ3) is 2.93. The Balaban J connectivity index is 1.39. The molecule has 3 heterocycles. The van der Waals surface area contributed by atoms with E-state index in [1.807, 2.05) is 11.0 Å². The number of anilines is 1. The van der Waals surface area contributed by atoms with E-state index in [9.17, 15) is 4.79 Å². The van der Waals surface area contributed by atoms with Crippen molar-refractivity contribution in [1.82, 2.24) is 9.88 Å². The van der Waals surface area contributed by atoms with Crippen LogP contribution in [0.2, 0.25) is 0 Å². The lowest BCUT2D eigenvalue weighted by molar-refractivity contribution is -0.0722. The van der Waals surface area contributed by atoms with E-state index < -0.39 is 0 Å². The Morgan fingerprint density at radius 2 is 2.04 bits per heavy atom. The molecule has 0 saturated carbocycles. The number of methoxy groups -OCH3 is 1. The maximum atomic E-state index is 12.5. The molecule has 2 aliphatic rings. The summed E-state index contributed by atoms with van der Waals surface area (Å²) in [4.78, 5) is 18.4. The third-order valence-corrected chi connectivity index (χ3v) is 5.07. The molecule has 2 aliphatic heterocycles. The van der Waals surface area contributed by atoms with Crippen molar-refractivity contribution in [2.24, 2.45) is 0 Å². The first-order valence-corrected chi connectivity index (χ1v) is 8.48. The summed E-state index contributed by atoms with van der Waals surface area (Å²) in [5.41, 5.74) is 2.99. The van der Waals surface area contributed by atoms with Gasteiger partial charge in [0, 0.05) is 19.2 Å². The van der Waals surface area contributed by atoms with E-state index in [4.69, 9.17) is 9.47 Å². The minimum atomic E-state index is -0.227. The number of urea groups is 1. The highest BCUT2D eigenvalue weighted by Crippen LogP contribution is 2.43. The second-order valence-electron chi connectivity index (χ2n) is 6.45. The molecular weight excluding hydrogens is 318 g/mol. The van der Waals surface area contributed by atoms with Gasteiger partial charge in [-0.1, -0.05) is 24.3 Å². The van der Waals surface area contributed by atoms with Crippen LogP contribution in [0.4, 0.5) is 10.5 Å². The average molecular weight is 339 g/mol. The number of likely N-dealkylation sites (tertiary alicyclic amines) is 1. The van der Waals surface area contributed by atoms with E-state index in [-0.39, 0.29) is 11.6 Å². The Hall–Kier alpha value is -2.60. The quantitative estimate of drug-likeness (QED) is 0.913. The molecule has 1 aromatic heterocycles. The zero-order valence-electron chi connectivity index (χ0n) is 14.2. The Labute approximate surface area is 146 Å². The molecule has 6 heteroatoms. The summed E-state index contributed by atoms with van der Waals surface area (Å²) < 4.78 is 11.2.